The third-order valence-corrected chi connectivity index (χ3v) is 5.91. The Morgan fingerprint density at radius 2 is 1.76 bits per heavy atom. The maximum Gasteiger partial charge on any atom is 0.250 e. The Hall–Kier alpha value is -4.07. The highest BCUT2D eigenvalue weighted by Crippen LogP contribution is 2.36. The zero-order valence-corrected chi connectivity index (χ0v) is 19.2. The minimum Gasteiger partial charge on any atom is -0.497 e. The van der Waals surface area contributed by atoms with Crippen LogP contribution in [-0.4, -0.2) is 37.1 Å². The Morgan fingerprint density at radius 3 is 2.47 bits per heavy atom. The molecule has 0 spiro atoms. The molecule has 1 aliphatic rings. The maximum atomic E-state index is 12.8. The number of nitrogens with one attached hydrogen (secondary N) is 1. The van der Waals surface area contributed by atoms with Gasteiger partial charge in [0.05, 0.1) is 32.4 Å². The number of nitrogens with zero attached hydrogens (tertiary/aromatic N) is 2. The second kappa shape index (κ2) is 10.2. The molecule has 0 radical (unpaired) electrons. The lowest BCUT2D eigenvalue weighted by Gasteiger charge is -2.20. The molecule has 8 nitrogen and oxygen atoms in total. The van der Waals surface area contributed by atoms with Crippen molar-refractivity contribution in [2.75, 3.05) is 25.7 Å². The predicted molar refractivity (Wildman–Crippen MR) is 128 cm³/mol. The lowest BCUT2D eigenvalue weighted by molar-refractivity contribution is -0.126. The number of rotatable bonds is 8. The summed E-state index contributed by atoms with van der Waals surface area (Å²) in [5.41, 5.74) is 2.47. The summed E-state index contributed by atoms with van der Waals surface area (Å²) in [6, 6.07) is 18.1. The van der Waals surface area contributed by atoms with E-state index >= 15 is 0 Å². The van der Waals surface area contributed by atoms with Crippen LogP contribution in [0.25, 0.3) is 0 Å². The molecule has 2 heterocycles. The highest BCUT2D eigenvalue weighted by molar-refractivity contribution is 6.01. The summed E-state index contributed by atoms with van der Waals surface area (Å²) in [6.45, 7) is 1.12. The van der Waals surface area contributed by atoms with Gasteiger partial charge < -0.3 is 24.3 Å². The number of hydrogen-bond donors (Lipinski definition) is 1. The lowest BCUT2D eigenvalue weighted by Crippen LogP contribution is -2.32. The molecule has 1 saturated heterocycles. The van der Waals surface area contributed by atoms with Gasteiger partial charge in [-0.3, -0.25) is 14.4 Å². The molecule has 0 bridgehead atoms. The zero-order chi connectivity index (χ0) is 24.1. The summed E-state index contributed by atoms with van der Waals surface area (Å²) in [7, 11) is 3.10. The summed E-state index contributed by atoms with van der Waals surface area (Å²) >= 11 is 0. The molecule has 0 saturated carbocycles. The SMILES string of the molecule is COc1ccc(OC)c(N2CC(C(=O)NCc3ccc(Cn4ccccc4=O)cc3)CC2=O)c1. The summed E-state index contributed by atoms with van der Waals surface area (Å²) in [6.07, 6.45) is 1.89. The smallest absolute Gasteiger partial charge is 0.250 e. The molecule has 2 amide bonds. The average Bonchev–Trinajstić information content (AvgIpc) is 3.25. The maximum absolute atomic E-state index is 12.8. The van der Waals surface area contributed by atoms with Crippen LogP contribution in [0.5, 0.6) is 11.5 Å². The van der Waals surface area contributed by atoms with Crippen LogP contribution >= 0.6 is 0 Å². The molecule has 1 unspecified atom stereocenters. The third-order valence-electron chi connectivity index (χ3n) is 5.91. The number of ether oxygens (including phenoxy) is 2. The van der Waals surface area contributed by atoms with E-state index in [9.17, 15) is 14.4 Å². The van der Waals surface area contributed by atoms with Crippen molar-refractivity contribution in [2.45, 2.75) is 19.5 Å². The van der Waals surface area contributed by atoms with Gasteiger partial charge in [-0.2, -0.15) is 0 Å². The van der Waals surface area contributed by atoms with Crippen molar-refractivity contribution in [2.24, 2.45) is 5.92 Å². The van der Waals surface area contributed by atoms with Crippen molar-refractivity contribution >= 4 is 17.5 Å². The minimum absolute atomic E-state index is 0.0504. The van der Waals surface area contributed by atoms with Crippen LogP contribution in [0.2, 0.25) is 0 Å². The Bertz CT molecular complexity index is 1240. The number of carbonyl (C=O) groups is 2. The molecule has 1 aromatic heterocycles. The van der Waals surface area contributed by atoms with Gasteiger partial charge in [-0.1, -0.05) is 30.3 Å². The molecule has 0 aliphatic carbocycles. The standard InChI is InChI=1S/C26H27N3O5/c1-33-21-10-11-23(34-2)22(14-21)29-17-20(13-25(29)31)26(32)27-15-18-6-8-19(9-7-18)16-28-12-4-3-5-24(28)30/h3-12,14,20H,13,15-17H2,1-2H3,(H,27,32). The van der Waals surface area contributed by atoms with Gasteiger partial charge in [-0.05, 0) is 29.3 Å². The number of aromatic nitrogens is 1. The van der Waals surface area contributed by atoms with Gasteiger partial charge in [0.25, 0.3) is 5.56 Å². The number of hydrogen-bond acceptors (Lipinski definition) is 5. The fourth-order valence-electron chi connectivity index (χ4n) is 4.01. The minimum atomic E-state index is -0.451. The quantitative estimate of drug-likeness (QED) is 0.557. The van der Waals surface area contributed by atoms with Crippen molar-refractivity contribution in [3.63, 3.8) is 0 Å². The fraction of sp³-hybridized carbons (Fsp3) is 0.269. The van der Waals surface area contributed by atoms with Crippen LogP contribution in [0.3, 0.4) is 0 Å². The van der Waals surface area contributed by atoms with E-state index in [1.165, 1.54) is 6.07 Å². The van der Waals surface area contributed by atoms with Crippen molar-refractivity contribution in [1.29, 1.82) is 0 Å². The molecule has 3 aromatic rings. The van der Waals surface area contributed by atoms with Gasteiger partial charge in [0, 0.05) is 37.8 Å². The zero-order valence-electron chi connectivity index (χ0n) is 19.2. The Kier molecular flexibility index (Phi) is 6.96. The van der Waals surface area contributed by atoms with Crippen LogP contribution in [-0.2, 0) is 22.7 Å². The second-order valence-electron chi connectivity index (χ2n) is 8.14. The largest absolute Gasteiger partial charge is 0.497 e. The van der Waals surface area contributed by atoms with Gasteiger partial charge >= 0.3 is 0 Å². The van der Waals surface area contributed by atoms with Crippen LogP contribution in [0.4, 0.5) is 5.69 Å². The number of carbonyl (C=O) groups excluding carboxylic acids is 2. The number of anilines is 1. The summed E-state index contributed by atoms with van der Waals surface area (Å²) in [5, 5.41) is 2.93. The first-order valence-corrected chi connectivity index (χ1v) is 11.0. The molecule has 8 heteroatoms. The van der Waals surface area contributed by atoms with E-state index in [0.29, 0.717) is 30.3 Å². The summed E-state index contributed by atoms with van der Waals surface area (Å²) in [4.78, 5) is 38.9. The molecule has 34 heavy (non-hydrogen) atoms. The molecule has 1 N–H and O–H groups in total. The van der Waals surface area contributed by atoms with E-state index < -0.39 is 5.92 Å². The van der Waals surface area contributed by atoms with Gasteiger partial charge in [-0.15, -0.1) is 0 Å². The Morgan fingerprint density at radius 1 is 1.00 bits per heavy atom. The molecule has 4 rings (SSSR count). The molecule has 1 fully saturated rings. The van der Waals surface area contributed by atoms with Gasteiger partial charge in [0.2, 0.25) is 11.8 Å². The van der Waals surface area contributed by atoms with Crippen LogP contribution in [0, 0.1) is 5.92 Å². The van der Waals surface area contributed by atoms with Crippen molar-refractivity contribution in [3.8, 4) is 11.5 Å². The molecule has 2 aromatic carbocycles. The topological polar surface area (TPSA) is 89.9 Å². The highest BCUT2D eigenvalue weighted by atomic mass is 16.5. The Labute approximate surface area is 197 Å². The monoisotopic (exact) mass is 461 g/mol. The van der Waals surface area contributed by atoms with Crippen LogP contribution in [0.1, 0.15) is 17.5 Å². The second-order valence-corrected chi connectivity index (χ2v) is 8.14. The number of pyridine rings is 1. The Balaban J connectivity index is 1.35. The first-order valence-electron chi connectivity index (χ1n) is 11.0. The number of amides is 2. The highest BCUT2D eigenvalue weighted by Gasteiger charge is 2.36. The molecule has 1 aliphatic heterocycles. The molecule has 1 atom stereocenters. The normalized spacial score (nSPS) is 15.3. The first-order chi connectivity index (χ1) is 16.5. The molecule has 176 valence electrons. The van der Waals surface area contributed by atoms with Crippen molar-refractivity contribution < 1.29 is 19.1 Å². The van der Waals surface area contributed by atoms with E-state index in [2.05, 4.69) is 5.32 Å². The average molecular weight is 462 g/mol. The van der Waals surface area contributed by atoms with Gasteiger partial charge in [0.15, 0.2) is 0 Å². The van der Waals surface area contributed by atoms with E-state index in [1.807, 2.05) is 30.3 Å². The fourth-order valence-corrected chi connectivity index (χ4v) is 4.01. The van der Waals surface area contributed by atoms with Gasteiger partial charge in [0.1, 0.15) is 11.5 Å². The summed E-state index contributed by atoms with van der Waals surface area (Å²) in [5.74, 6) is 0.405. The summed E-state index contributed by atoms with van der Waals surface area (Å²) < 4.78 is 12.3. The lowest BCUT2D eigenvalue weighted by atomic mass is 10.1. The number of methoxy groups -OCH3 is 2. The van der Waals surface area contributed by atoms with Crippen LogP contribution in [0.15, 0.2) is 71.7 Å². The van der Waals surface area contributed by atoms with Crippen molar-refractivity contribution in [1.82, 2.24) is 9.88 Å². The molecular formula is C26H27N3O5. The third kappa shape index (κ3) is 5.11. The first kappa shape index (κ1) is 23.1. The van der Waals surface area contributed by atoms with E-state index in [1.54, 1.807) is 54.1 Å². The van der Waals surface area contributed by atoms with Gasteiger partial charge in [-0.25, -0.2) is 0 Å². The predicted octanol–water partition coefficient (Wildman–Crippen LogP) is 2.58. The van der Waals surface area contributed by atoms with E-state index in [-0.39, 0.29) is 30.3 Å². The molecular weight excluding hydrogens is 434 g/mol. The van der Waals surface area contributed by atoms with E-state index in [0.717, 1.165) is 11.1 Å². The van der Waals surface area contributed by atoms with Crippen molar-refractivity contribution in [3.05, 3.63) is 88.3 Å². The number of benzene rings is 2. The van der Waals surface area contributed by atoms with Crippen LogP contribution < -0.4 is 25.2 Å². The van der Waals surface area contributed by atoms with E-state index in [4.69, 9.17) is 9.47 Å².